The molecule has 2 heteroatoms. The summed E-state index contributed by atoms with van der Waals surface area (Å²) in [6, 6.07) is 0. The van der Waals surface area contributed by atoms with Gasteiger partial charge in [-0.05, 0) is 12.8 Å². The Morgan fingerprint density at radius 2 is 0.792 bits per heavy atom. The van der Waals surface area contributed by atoms with E-state index in [1.807, 2.05) is 0 Å². The van der Waals surface area contributed by atoms with E-state index in [9.17, 15) is 9.59 Å². The minimum Gasteiger partial charge on any atom is -0.299 e. The second-order valence-electron chi connectivity index (χ2n) is 7.35. The second-order valence-corrected chi connectivity index (χ2v) is 7.35. The number of carbonyl (C=O) groups is 2. The summed E-state index contributed by atoms with van der Waals surface area (Å²) in [7, 11) is 0. The third-order valence-electron chi connectivity index (χ3n) is 4.76. The lowest BCUT2D eigenvalue weighted by atomic mass is 10.0. The van der Waals surface area contributed by atoms with E-state index >= 15 is 0 Å². The Labute approximate surface area is 151 Å². The summed E-state index contributed by atoms with van der Waals surface area (Å²) in [5.41, 5.74) is 0. The van der Waals surface area contributed by atoms with Crippen molar-refractivity contribution in [3.8, 4) is 0 Å². The molecule has 0 aromatic heterocycles. The molecule has 0 saturated heterocycles. The molecule has 0 aliphatic carbocycles. The predicted octanol–water partition coefficient (Wildman–Crippen LogP) is 7.19. The van der Waals surface area contributed by atoms with Crippen LogP contribution < -0.4 is 0 Å². The van der Waals surface area contributed by atoms with E-state index in [0.29, 0.717) is 12.8 Å². The van der Waals surface area contributed by atoms with Gasteiger partial charge < -0.3 is 0 Å². The molecule has 24 heavy (non-hydrogen) atoms. The van der Waals surface area contributed by atoms with Crippen LogP contribution in [0.4, 0.5) is 0 Å². The number of carbonyl (C=O) groups excluding carboxylic acids is 2. The topological polar surface area (TPSA) is 34.1 Å². The maximum absolute atomic E-state index is 11.7. The molecule has 142 valence electrons. The largest absolute Gasteiger partial charge is 0.299 e. The van der Waals surface area contributed by atoms with Crippen LogP contribution in [0, 0.1) is 0 Å². The highest BCUT2D eigenvalue weighted by Gasteiger charge is 2.08. The minimum absolute atomic E-state index is 0.136. The van der Waals surface area contributed by atoms with Crippen molar-refractivity contribution < 1.29 is 9.59 Å². The Hall–Kier alpha value is -0.660. The van der Waals surface area contributed by atoms with Gasteiger partial charge in [0, 0.05) is 12.8 Å². The predicted molar refractivity (Wildman–Crippen MR) is 104 cm³/mol. The van der Waals surface area contributed by atoms with E-state index in [0.717, 1.165) is 25.7 Å². The van der Waals surface area contributed by atoms with Crippen LogP contribution in [0.3, 0.4) is 0 Å². The van der Waals surface area contributed by atoms with E-state index in [1.54, 1.807) is 0 Å². The fourth-order valence-electron chi connectivity index (χ4n) is 3.11. The smallest absolute Gasteiger partial charge is 0.140 e. The molecule has 0 aliphatic heterocycles. The summed E-state index contributed by atoms with van der Waals surface area (Å²) in [6.07, 6.45) is 20.5. The van der Waals surface area contributed by atoms with Gasteiger partial charge in [-0.15, -0.1) is 0 Å². The van der Waals surface area contributed by atoms with Crippen LogP contribution in [0.5, 0.6) is 0 Å². The second kappa shape index (κ2) is 18.7. The Kier molecular flexibility index (Phi) is 18.2. The van der Waals surface area contributed by atoms with Crippen molar-refractivity contribution in [2.45, 2.75) is 129 Å². The molecule has 0 aromatic rings. The van der Waals surface area contributed by atoms with Gasteiger partial charge in [-0.25, -0.2) is 0 Å². The van der Waals surface area contributed by atoms with Crippen molar-refractivity contribution in [2.75, 3.05) is 0 Å². The highest BCUT2D eigenvalue weighted by molar-refractivity contribution is 5.98. The Bertz CT molecular complexity index is 296. The molecule has 0 rings (SSSR count). The lowest BCUT2D eigenvalue weighted by Crippen LogP contribution is -2.07. The molecule has 0 unspecified atom stereocenters. The first kappa shape index (κ1) is 23.3. The fourth-order valence-corrected chi connectivity index (χ4v) is 3.11. The first-order valence-corrected chi connectivity index (χ1v) is 10.7. The maximum Gasteiger partial charge on any atom is 0.140 e. The first-order valence-electron chi connectivity index (χ1n) is 10.7. The van der Waals surface area contributed by atoms with Crippen molar-refractivity contribution in [3.63, 3.8) is 0 Å². The standard InChI is InChI=1S/C22H42O2/c1-3-5-7-8-9-10-11-12-13-14-15-16-17-19-22(24)20-21(23)18-6-4-2/h3-20H2,1-2H3. The number of rotatable bonds is 19. The lowest BCUT2D eigenvalue weighted by molar-refractivity contribution is -0.127. The summed E-state index contributed by atoms with van der Waals surface area (Å²) < 4.78 is 0. The molecule has 0 atom stereocenters. The summed E-state index contributed by atoms with van der Waals surface area (Å²) in [6.45, 7) is 4.34. The first-order chi connectivity index (χ1) is 11.7. The average molecular weight is 339 g/mol. The Morgan fingerprint density at radius 1 is 0.458 bits per heavy atom. The van der Waals surface area contributed by atoms with Crippen molar-refractivity contribution >= 4 is 11.6 Å². The summed E-state index contributed by atoms with van der Waals surface area (Å²) in [5.74, 6) is 0.288. The number of unbranched alkanes of at least 4 members (excludes halogenated alkanes) is 13. The zero-order valence-electron chi connectivity index (χ0n) is 16.5. The van der Waals surface area contributed by atoms with Gasteiger partial charge in [0.1, 0.15) is 11.6 Å². The Balaban J connectivity index is 3.22. The number of Topliss-reactive ketones (excluding diaryl/α,β-unsaturated/α-hetero) is 2. The fraction of sp³-hybridized carbons (Fsp3) is 0.909. The third kappa shape index (κ3) is 17.7. The Morgan fingerprint density at radius 3 is 1.21 bits per heavy atom. The lowest BCUT2D eigenvalue weighted by Gasteiger charge is -2.03. The highest BCUT2D eigenvalue weighted by atomic mass is 16.1. The molecule has 0 spiro atoms. The zero-order valence-corrected chi connectivity index (χ0v) is 16.5. The molecule has 0 N–H and O–H groups in total. The monoisotopic (exact) mass is 338 g/mol. The molecule has 0 fully saturated rings. The van der Waals surface area contributed by atoms with Gasteiger partial charge in [-0.2, -0.15) is 0 Å². The van der Waals surface area contributed by atoms with Gasteiger partial charge in [0.15, 0.2) is 0 Å². The summed E-state index contributed by atoms with van der Waals surface area (Å²) in [5, 5.41) is 0. The highest BCUT2D eigenvalue weighted by Crippen LogP contribution is 2.13. The van der Waals surface area contributed by atoms with Gasteiger partial charge in [-0.3, -0.25) is 9.59 Å². The molecule has 0 aliphatic rings. The molecular weight excluding hydrogens is 296 g/mol. The normalized spacial score (nSPS) is 10.9. The van der Waals surface area contributed by atoms with E-state index in [2.05, 4.69) is 13.8 Å². The molecule has 0 heterocycles. The molecule has 0 aromatic carbocycles. The van der Waals surface area contributed by atoms with Crippen LogP contribution in [0.25, 0.3) is 0 Å². The van der Waals surface area contributed by atoms with Crippen LogP contribution in [0.2, 0.25) is 0 Å². The van der Waals surface area contributed by atoms with Crippen LogP contribution in [-0.4, -0.2) is 11.6 Å². The number of hydrogen-bond donors (Lipinski definition) is 0. The van der Waals surface area contributed by atoms with Crippen molar-refractivity contribution in [1.82, 2.24) is 0 Å². The van der Waals surface area contributed by atoms with E-state index < -0.39 is 0 Å². The van der Waals surface area contributed by atoms with E-state index in [-0.39, 0.29) is 18.0 Å². The van der Waals surface area contributed by atoms with Crippen LogP contribution in [-0.2, 0) is 9.59 Å². The molecule has 0 saturated carbocycles. The van der Waals surface area contributed by atoms with E-state index in [4.69, 9.17) is 0 Å². The minimum atomic E-state index is 0.136. The zero-order chi connectivity index (χ0) is 17.9. The van der Waals surface area contributed by atoms with Crippen molar-refractivity contribution in [2.24, 2.45) is 0 Å². The van der Waals surface area contributed by atoms with Gasteiger partial charge in [0.05, 0.1) is 6.42 Å². The van der Waals surface area contributed by atoms with E-state index in [1.165, 1.54) is 70.6 Å². The average Bonchev–Trinajstić information content (AvgIpc) is 2.57. The van der Waals surface area contributed by atoms with Crippen molar-refractivity contribution in [1.29, 1.82) is 0 Å². The molecular formula is C22H42O2. The van der Waals surface area contributed by atoms with Gasteiger partial charge in [0.2, 0.25) is 0 Å². The molecule has 0 amide bonds. The number of ketones is 2. The van der Waals surface area contributed by atoms with Crippen molar-refractivity contribution in [3.05, 3.63) is 0 Å². The molecule has 2 nitrogen and oxygen atoms in total. The molecule has 0 bridgehead atoms. The quantitative estimate of drug-likeness (QED) is 0.184. The molecule has 0 radical (unpaired) electrons. The van der Waals surface area contributed by atoms with Crippen LogP contribution >= 0.6 is 0 Å². The summed E-state index contributed by atoms with van der Waals surface area (Å²) in [4.78, 5) is 23.2. The van der Waals surface area contributed by atoms with Gasteiger partial charge in [0.25, 0.3) is 0 Å². The number of hydrogen-bond acceptors (Lipinski definition) is 2. The van der Waals surface area contributed by atoms with Gasteiger partial charge in [-0.1, -0.05) is 97.3 Å². The van der Waals surface area contributed by atoms with Crippen LogP contribution in [0.1, 0.15) is 129 Å². The maximum atomic E-state index is 11.7. The van der Waals surface area contributed by atoms with Crippen LogP contribution in [0.15, 0.2) is 0 Å². The SMILES string of the molecule is CCCCCCCCCCCCCCCC(=O)CC(=O)CCCC. The third-order valence-corrected chi connectivity index (χ3v) is 4.76. The van der Waals surface area contributed by atoms with Gasteiger partial charge >= 0.3 is 0 Å². The summed E-state index contributed by atoms with van der Waals surface area (Å²) >= 11 is 0.